The molecule has 340 valence electrons. The molecule has 0 N–H and O–H groups in total. The average Bonchev–Trinajstić information content (AvgIpc) is 3.23. The Morgan fingerprint density at radius 2 is 0.644 bits per heavy atom. The van der Waals surface area contributed by atoms with Crippen LogP contribution in [0.4, 0.5) is 0 Å². The van der Waals surface area contributed by atoms with Gasteiger partial charge in [0.05, 0.1) is 6.42 Å². The van der Waals surface area contributed by atoms with Crippen LogP contribution in [0.1, 0.15) is 239 Å². The lowest BCUT2D eigenvalue weighted by molar-refractivity contribution is -0.166. The maximum absolute atomic E-state index is 12.7. The van der Waals surface area contributed by atoms with Gasteiger partial charge in [-0.1, -0.05) is 236 Å². The fourth-order valence-electron chi connectivity index (χ4n) is 6.87. The molecule has 0 bridgehead atoms. The Morgan fingerprint density at radius 3 is 0.966 bits per heavy atom. The summed E-state index contributed by atoms with van der Waals surface area (Å²) in [6.45, 7) is 6.42. The second kappa shape index (κ2) is 47.8. The maximum Gasteiger partial charge on any atom is 0.310 e. The molecule has 6 nitrogen and oxygen atoms in total. The zero-order chi connectivity index (χ0) is 43.0. The van der Waals surface area contributed by atoms with Crippen LogP contribution >= 0.6 is 0 Å². The van der Waals surface area contributed by atoms with Crippen LogP contribution in [0.15, 0.2) is 60.8 Å². The Morgan fingerprint density at radius 1 is 0.356 bits per heavy atom. The van der Waals surface area contributed by atoms with E-state index in [2.05, 4.69) is 69.4 Å². The van der Waals surface area contributed by atoms with E-state index < -0.39 is 12.1 Å². The number of allylic oxidation sites excluding steroid dienone is 9. The Labute approximate surface area is 364 Å². The van der Waals surface area contributed by atoms with Gasteiger partial charge in [0.1, 0.15) is 13.2 Å². The van der Waals surface area contributed by atoms with Crippen molar-refractivity contribution >= 4 is 17.9 Å². The first-order valence-corrected chi connectivity index (χ1v) is 24.8. The van der Waals surface area contributed by atoms with E-state index in [-0.39, 0.29) is 31.6 Å². The van der Waals surface area contributed by atoms with Gasteiger partial charge in [0, 0.05) is 12.8 Å². The number of hydrogen-bond donors (Lipinski definition) is 0. The van der Waals surface area contributed by atoms with Gasteiger partial charge in [-0.2, -0.15) is 0 Å². The number of rotatable bonds is 44. The summed E-state index contributed by atoms with van der Waals surface area (Å²) < 4.78 is 16.6. The molecular weight excluding hydrogens is 733 g/mol. The molecule has 0 rings (SSSR count). The number of esters is 3. The molecule has 0 fully saturated rings. The van der Waals surface area contributed by atoms with Crippen molar-refractivity contribution in [3.8, 4) is 0 Å². The van der Waals surface area contributed by atoms with Crippen molar-refractivity contribution in [1.82, 2.24) is 0 Å². The molecule has 0 spiro atoms. The van der Waals surface area contributed by atoms with E-state index in [0.717, 1.165) is 70.6 Å². The van der Waals surface area contributed by atoms with Gasteiger partial charge in [0.15, 0.2) is 6.10 Å². The van der Waals surface area contributed by atoms with Crippen molar-refractivity contribution in [2.45, 2.75) is 245 Å². The molecule has 0 aromatic carbocycles. The minimum Gasteiger partial charge on any atom is -0.462 e. The van der Waals surface area contributed by atoms with Gasteiger partial charge in [0.25, 0.3) is 0 Å². The van der Waals surface area contributed by atoms with E-state index in [0.29, 0.717) is 12.8 Å². The Kier molecular flexibility index (Phi) is 45.4. The summed E-state index contributed by atoms with van der Waals surface area (Å²) in [7, 11) is 0. The molecule has 0 aliphatic heterocycles. The molecule has 0 saturated carbocycles. The predicted octanol–water partition coefficient (Wildman–Crippen LogP) is 16.1. The molecule has 0 saturated heterocycles. The van der Waals surface area contributed by atoms with E-state index in [9.17, 15) is 14.4 Å². The second-order valence-corrected chi connectivity index (χ2v) is 16.4. The average molecular weight is 825 g/mol. The molecule has 0 amide bonds. The summed E-state index contributed by atoms with van der Waals surface area (Å²) in [5.41, 5.74) is 0. The van der Waals surface area contributed by atoms with Crippen LogP contribution < -0.4 is 0 Å². The summed E-state index contributed by atoms with van der Waals surface area (Å²) in [6, 6.07) is 0. The van der Waals surface area contributed by atoms with Crippen molar-refractivity contribution < 1.29 is 28.6 Å². The lowest BCUT2D eigenvalue weighted by Gasteiger charge is -2.18. The van der Waals surface area contributed by atoms with E-state index >= 15 is 0 Å². The fraction of sp³-hybridized carbons (Fsp3) is 0.755. The molecule has 0 aliphatic carbocycles. The quantitative estimate of drug-likeness (QED) is 0.0263. The van der Waals surface area contributed by atoms with E-state index in [4.69, 9.17) is 14.2 Å². The number of carbonyl (C=O) groups excluding carboxylic acids is 3. The monoisotopic (exact) mass is 825 g/mol. The Hall–Kier alpha value is -2.89. The SMILES string of the molecule is CC/C=C\C/C=C\C/C=C\C/C=C\C/C=C\CC(=O)OC(COC(=O)CCCCCCCCCC)COC(=O)CCCCCCCCCCCCCCCCCCCC. The highest BCUT2D eigenvalue weighted by Gasteiger charge is 2.19. The molecule has 0 aliphatic rings. The number of unbranched alkanes of at least 4 members (excludes halogenated alkanes) is 24. The summed E-state index contributed by atoms with van der Waals surface area (Å²) in [4.78, 5) is 37.7. The third-order valence-corrected chi connectivity index (χ3v) is 10.6. The lowest BCUT2D eigenvalue weighted by atomic mass is 10.0. The van der Waals surface area contributed by atoms with Crippen molar-refractivity contribution in [2.75, 3.05) is 13.2 Å². The van der Waals surface area contributed by atoms with Gasteiger partial charge in [-0.05, 0) is 44.9 Å². The van der Waals surface area contributed by atoms with E-state index in [1.54, 1.807) is 6.08 Å². The minimum atomic E-state index is -0.822. The van der Waals surface area contributed by atoms with Crippen molar-refractivity contribution in [1.29, 1.82) is 0 Å². The maximum atomic E-state index is 12.7. The Balaban J connectivity index is 4.38. The van der Waals surface area contributed by atoms with Gasteiger partial charge in [0.2, 0.25) is 0 Å². The first-order valence-electron chi connectivity index (χ1n) is 24.8. The molecular formula is C53H92O6. The zero-order valence-electron chi connectivity index (χ0n) is 38.8. The molecule has 6 heteroatoms. The third kappa shape index (κ3) is 46.0. The fourth-order valence-corrected chi connectivity index (χ4v) is 6.87. The summed E-state index contributed by atoms with van der Waals surface area (Å²) in [5.74, 6) is -1.04. The zero-order valence-corrected chi connectivity index (χ0v) is 38.8. The Bertz CT molecular complexity index is 1090. The number of hydrogen-bond acceptors (Lipinski definition) is 6. The van der Waals surface area contributed by atoms with E-state index in [1.165, 1.54) is 128 Å². The second-order valence-electron chi connectivity index (χ2n) is 16.4. The van der Waals surface area contributed by atoms with Gasteiger partial charge in [-0.25, -0.2) is 0 Å². The molecule has 0 aromatic rings. The molecule has 1 atom stereocenters. The predicted molar refractivity (Wildman–Crippen MR) is 251 cm³/mol. The topological polar surface area (TPSA) is 78.9 Å². The summed E-state index contributed by atoms with van der Waals surface area (Å²) in [5, 5.41) is 0. The first-order chi connectivity index (χ1) is 29.0. The number of carbonyl (C=O) groups is 3. The molecule has 0 heterocycles. The summed E-state index contributed by atoms with van der Waals surface area (Å²) in [6.07, 6.45) is 58.1. The van der Waals surface area contributed by atoms with Crippen LogP contribution in [0.3, 0.4) is 0 Å². The number of ether oxygens (including phenoxy) is 3. The van der Waals surface area contributed by atoms with Crippen LogP contribution in [-0.2, 0) is 28.6 Å². The highest BCUT2D eigenvalue weighted by molar-refractivity contribution is 5.72. The molecule has 0 radical (unpaired) electrons. The van der Waals surface area contributed by atoms with Crippen LogP contribution in [0.5, 0.6) is 0 Å². The molecule has 0 aromatic heterocycles. The first kappa shape index (κ1) is 56.1. The molecule has 59 heavy (non-hydrogen) atoms. The van der Waals surface area contributed by atoms with Gasteiger partial charge in [-0.15, -0.1) is 0 Å². The van der Waals surface area contributed by atoms with Crippen LogP contribution in [0, 0.1) is 0 Å². The van der Waals surface area contributed by atoms with Crippen molar-refractivity contribution in [3.63, 3.8) is 0 Å². The van der Waals surface area contributed by atoms with Crippen LogP contribution in [-0.4, -0.2) is 37.2 Å². The van der Waals surface area contributed by atoms with Crippen molar-refractivity contribution in [2.24, 2.45) is 0 Å². The van der Waals surface area contributed by atoms with Gasteiger partial charge >= 0.3 is 17.9 Å². The van der Waals surface area contributed by atoms with Gasteiger partial charge in [-0.3, -0.25) is 14.4 Å². The highest BCUT2D eigenvalue weighted by atomic mass is 16.6. The third-order valence-electron chi connectivity index (χ3n) is 10.6. The van der Waals surface area contributed by atoms with E-state index in [1.807, 2.05) is 6.08 Å². The molecule has 1 unspecified atom stereocenters. The highest BCUT2D eigenvalue weighted by Crippen LogP contribution is 2.15. The van der Waals surface area contributed by atoms with Crippen LogP contribution in [0.25, 0.3) is 0 Å². The van der Waals surface area contributed by atoms with Crippen molar-refractivity contribution in [3.05, 3.63) is 60.8 Å². The standard InChI is InChI=1S/C53H92O6/c1-4-7-10-13-16-19-21-23-25-26-27-29-30-32-34-37-40-43-46-52(55)58-49-50(48-57-51(54)45-42-39-36-18-15-12-9-6-3)59-53(56)47-44-41-38-35-33-31-28-24-22-20-17-14-11-8-5-2/h8,11,17,20,24,28,33,35,41,44,50H,4-7,9-10,12-16,18-19,21-23,25-27,29-32,34,36-40,42-43,45-49H2,1-3H3/b11-8-,20-17-,28-24-,35-33-,44-41-. The van der Waals surface area contributed by atoms with Crippen LogP contribution in [0.2, 0.25) is 0 Å². The minimum absolute atomic E-state index is 0.101. The normalized spacial score (nSPS) is 12.5. The lowest BCUT2D eigenvalue weighted by Crippen LogP contribution is -2.30. The summed E-state index contributed by atoms with van der Waals surface area (Å²) >= 11 is 0. The van der Waals surface area contributed by atoms with Gasteiger partial charge < -0.3 is 14.2 Å². The smallest absolute Gasteiger partial charge is 0.310 e. The largest absolute Gasteiger partial charge is 0.462 e.